The standard InChI is InChI=1S/C15H22O4/c1-3-5-10-17-11-12-19-14-9-7-6-8-13(14)15(16)18-4-2/h6-9H,3-5,10-12H2,1-2H3. The van der Waals surface area contributed by atoms with Gasteiger partial charge in [-0.05, 0) is 25.5 Å². The molecule has 106 valence electrons. The average Bonchev–Trinajstić information content (AvgIpc) is 2.43. The van der Waals surface area contributed by atoms with Gasteiger partial charge in [0.2, 0.25) is 0 Å². The Labute approximate surface area is 114 Å². The lowest BCUT2D eigenvalue weighted by Crippen LogP contribution is -2.11. The molecule has 1 aromatic carbocycles. The van der Waals surface area contributed by atoms with E-state index >= 15 is 0 Å². The van der Waals surface area contributed by atoms with Crippen LogP contribution in [0.2, 0.25) is 0 Å². The minimum absolute atomic E-state index is 0.354. The highest BCUT2D eigenvalue weighted by Gasteiger charge is 2.12. The van der Waals surface area contributed by atoms with Gasteiger partial charge in [0, 0.05) is 6.61 Å². The van der Waals surface area contributed by atoms with Crippen molar-refractivity contribution in [3.63, 3.8) is 0 Å². The van der Waals surface area contributed by atoms with Crippen molar-refractivity contribution in [2.45, 2.75) is 26.7 Å². The molecule has 4 nitrogen and oxygen atoms in total. The highest BCUT2D eigenvalue weighted by molar-refractivity contribution is 5.92. The molecule has 0 saturated carbocycles. The Morgan fingerprint density at radius 3 is 2.63 bits per heavy atom. The summed E-state index contributed by atoms with van der Waals surface area (Å²) in [4.78, 5) is 11.7. The molecule has 0 spiro atoms. The van der Waals surface area contributed by atoms with Gasteiger partial charge in [0.15, 0.2) is 0 Å². The van der Waals surface area contributed by atoms with Gasteiger partial charge in [-0.3, -0.25) is 0 Å². The van der Waals surface area contributed by atoms with E-state index in [9.17, 15) is 4.79 Å². The summed E-state index contributed by atoms with van der Waals surface area (Å²) in [6.07, 6.45) is 2.17. The molecule has 0 N–H and O–H groups in total. The van der Waals surface area contributed by atoms with Crippen LogP contribution in [0.3, 0.4) is 0 Å². The molecule has 19 heavy (non-hydrogen) atoms. The average molecular weight is 266 g/mol. The third-order valence-corrected chi connectivity index (χ3v) is 2.51. The van der Waals surface area contributed by atoms with Gasteiger partial charge in [-0.1, -0.05) is 25.5 Å². The van der Waals surface area contributed by atoms with Gasteiger partial charge >= 0.3 is 5.97 Å². The maximum atomic E-state index is 11.7. The molecule has 0 aliphatic rings. The zero-order valence-corrected chi connectivity index (χ0v) is 11.7. The molecule has 0 bridgehead atoms. The lowest BCUT2D eigenvalue weighted by atomic mass is 10.2. The van der Waals surface area contributed by atoms with Crippen molar-refractivity contribution in [3.05, 3.63) is 29.8 Å². The van der Waals surface area contributed by atoms with E-state index in [-0.39, 0.29) is 5.97 Å². The molecule has 0 unspecified atom stereocenters. The zero-order valence-electron chi connectivity index (χ0n) is 11.7. The Morgan fingerprint density at radius 1 is 1.11 bits per heavy atom. The first-order chi connectivity index (χ1) is 9.29. The number of unbranched alkanes of at least 4 members (excludes halogenated alkanes) is 1. The molecule has 0 fully saturated rings. The maximum Gasteiger partial charge on any atom is 0.341 e. The summed E-state index contributed by atoms with van der Waals surface area (Å²) >= 11 is 0. The highest BCUT2D eigenvalue weighted by atomic mass is 16.5. The fourth-order valence-electron chi connectivity index (χ4n) is 1.53. The summed E-state index contributed by atoms with van der Waals surface area (Å²) in [5.41, 5.74) is 0.456. The Hall–Kier alpha value is -1.55. The highest BCUT2D eigenvalue weighted by Crippen LogP contribution is 2.18. The molecule has 0 aliphatic heterocycles. The summed E-state index contributed by atoms with van der Waals surface area (Å²) in [7, 11) is 0. The monoisotopic (exact) mass is 266 g/mol. The number of hydrogen-bond donors (Lipinski definition) is 0. The number of hydrogen-bond acceptors (Lipinski definition) is 4. The Bertz CT molecular complexity index is 376. The zero-order chi connectivity index (χ0) is 13.9. The predicted octanol–water partition coefficient (Wildman–Crippen LogP) is 3.06. The van der Waals surface area contributed by atoms with Gasteiger partial charge < -0.3 is 14.2 Å². The topological polar surface area (TPSA) is 44.8 Å². The predicted molar refractivity (Wildman–Crippen MR) is 73.6 cm³/mol. The van der Waals surface area contributed by atoms with Gasteiger partial charge in [-0.2, -0.15) is 0 Å². The van der Waals surface area contributed by atoms with Crippen molar-refractivity contribution in [2.75, 3.05) is 26.4 Å². The van der Waals surface area contributed by atoms with Crippen LogP contribution in [-0.4, -0.2) is 32.4 Å². The van der Waals surface area contributed by atoms with Crippen LogP contribution in [0.4, 0.5) is 0 Å². The summed E-state index contributed by atoms with van der Waals surface area (Å²) in [6, 6.07) is 7.08. The lowest BCUT2D eigenvalue weighted by molar-refractivity contribution is 0.0517. The summed E-state index contributed by atoms with van der Waals surface area (Å²) in [5.74, 6) is 0.185. The van der Waals surface area contributed by atoms with Crippen molar-refractivity contribution in [1.82, 2.24) is 0 Å². The summed E-state index contributed by atoms with van der Waals surface area (Å²) in [5, 5.41) is 0. The van der Waals surface area contributed by atoms with Crippen molar-refractivity contribution >= 4 is 5.97 Å². The minimum Gasteiger partial charge on any atom is -0.490 e. The van der Waals surface area contributed by atoms with E-state index in [1.807, 2.05) is 6.07 Å². The molecule has 0 radical (unpaired) electrons. The van der Waals surface area contributed by atoms with Crippen LogP contribution in [0, 0.1) is 0 Å². The van der Waals surface area contributed by atoms with Gasteiger partial charge in [0.25, 0.3) is 0 Å². The van der Waals surface area contributed by atoms with Crippen molar-refractivity contribution < 1.29 is 19.0 Å². The third kappa shape index (κ3) is 5.75. The molecule has 0 atom stereocenters. The van der Waals surface area contributed by atoms with Gasteiger partial charge in [-0.25, -0.2) is 4.79 Å². The van der Waals surface area contributed by atoms with Crippen LogP contribution < -0.4 is 4.74 Å². The second-order valence-electron chi connectivity index (χ2n) is 4.03. The number of ether oxygens (including phenoxy) is 3. The fraction of sp³-hybridized carbons (Fsp3) is 0.533. The number of benzene rings is 1. The molecule has 0 amide bonds. The first kappa shape index (κ1) is 15.5. The van der Waals surface area contributed by atoms with Gasteiger partial charge in [0.1, 0.15) is 17.9 Å². The molecular weight excluding hydrogens is 244 g/mol. The normalized spacial score (nSPS) is 10.2. The lowest BCUT2D eigenvalue weighted by Gasteiger charge is -2.10. The second-order valence-corrected chi connectivity index (χ2v) is 4.03. The Balaban J connectivity index is 2.42. The summed E-state index contributed by atoms with van der Waals surface area (Å²) in [6.45, 7) is 5.96. The molecule has 1 aromatic rings. The van der Waals surface area contributed by atoms with Gasteiger partial charge in [-0.15, -0.1) is 0 Å². The van der Waals surface area contributed by atoms with Crippen molar-refractivity contribution in [1.29, 1.82) is 0 Å². The molecule has 0 heterocycles. The van der Waals surface area contributed by atoms with Crippen LogP contribution in [0.25, 0.3) is 0 Å². The number of esters is 1. The quantitative estimate of drug-likeness (QED) is 0.509. The maximum absolute atomic E-state index is 11.7. The Kier molecular flexibility index (Phi) is 7.66. The van der Waals surface area contributed by atoms with E-state index in [0.29, 0.717) is 31.1 Å². The number of carbonyl (C=O) groups excluding carboxylic acids is 1. The second kappa shape index (κ2) is 9.39. The largest absolute Gasteiger partial charge is 0.490 e. The SMILES string of the molecule is CCCCOCCOc1ccccc1C(=O)OCC. The number of carbonyl (C=O) groups is 1. The molecule has 0 saturated heterocycles. The number of para-hydroxylation sites is 1. The van der Waals surface area contributed by atoms with Crippen molar-refractivity contribution in [3.8, 4) is 5.75 Å². The van der Waals surface area contributed by atoms with Crippen LogP contribution in [-0.2, 0) is 9.47 Å². The van der Waals surface area contributed by atoms with Gasteiger partial charge in [0.05, 0.1) is 13.2 Å². The summed E-state index contributed by atoms with van der Waals surface area (Å²) < 4.78 is 15.9. The van der Waals surface area contributed by atoms with Crippen molar-refractivity contribution in [2.24, 2.45) is 0 Å². The fourth-order valence-corrected chi connectivity index (χ4v) is 1.53. The van der Waals surface area contributed by atoms with E-state index in [4.69, 9.17) is 14.2 Å². The van der Waals surface area contributed by atoms with E-state index < -0.39 is 0 Å². The van der Waals surface area contributed by atoms with Crippen LogP contribution >= 0.6 is 0 Å². The number of rotatable bonds is 9. The molecular formula is C15H22O4. The first-order valence-electron chi connectivity index (χ1n) is 6.76. The molecule has 1 rings (SSSR count). The minimum atomic E-state index is -0.356. The van der Waals surface area contributed by atoms with Crippen LogP contribution in [0.5, 0.6) is 5.75 Å². The van der Waals surface area contributed by atoms with Crippen LogP contribution in [0.15, 0.2) is 24.3 Å². The van der Waals surface area contributed by atoms with E-state index in [1.54, 1.807) is 25.1 Å². The molecule has 0 aliphatic carbocycles. The Morgan fingerprint density at radius 2 is 1.89 bits per heavy atom. The van der Waals surface area contributed by atoms with E-state index in [2.05, 4.69) is 6.92 Å². The van der Waals surface area contributed by atoms with Crippen LogP contribution in [0.1, 0.15) is 37.0 Å². The molecule has 0 aromatic heterocycles. The third-order valence-electron chi connectivity index (χ3n) is 2.51. The van der Waals surface area contributed by atoms with E-state index in [0.717, 1.165) is 19.4 Å². The molecule has 4 heteroatoms. The van der Waals surface area contributed by atoms with E-state index in [1.165, 1.54) is 0 Å². The smallest absolute Gasteiger partial charge is 0.341 e. The first-order valence-corrected chi connectivity index (χ1v) is 6.76.